The van der Waals surface area contributed by atoms with E-state index in [1.807, 2.05) is 0 Å². The van der Waals surface area contributed by atoms with Gasteiger partial charge in [0.05, 0.1) is 10.7 Å². The van der Waals surface area contributed by atoms with E-state index in [4.69, 9.17) is 27.9 Å². The van der Waals surface area contributed by atoms with Crippen molar-refractivity contribution in [3.05, 3.63) is 28.2 Å². The molecule has 1 fully saturated rings. The number of halogens is 2. The number of carbonyl (C=O) groups is 1. The monoisotopic (exact) mass is 345 g/mol. The maximum atomic E-state index is 12.3. The number of nitrogens with zero attached hydrogens (tertiary/aromatic N) is 2. The van der Waals surface area contributed by atoms with Gasteiger partial charge in [-0.2, -0.15) is 0 Å². The number of hydrogen-bond donors (Lipinski definition) is 1. The summed E-state index contributed by atoms with van der Waals surface area (Å²) in [5.74, 6) is 0. The molecule has 22 heavy (non-hydrogen) atoms. The summed E-state index contributed by atoms with van der Waals surface area (Å²) in [6.07, 6.45) is 1.02. The molecule has 0 aromatic heterocycles. The van der Waals surface area contributed by atoms with E-state index in [-0.39, 0.29) is 6.03 Å². The van der Waals surface area contributed by atoms with Crippen molar-refractivity contribution in [1.29, 1.82) is 0 Å². The highest BCUT2D eigenvalue weighted by Crippen LogP contribution is 2.25. The molecule has 0 aliphatic carbocycles. The highest BCUT2D eigenvalue weighted by atomic mass is 35.5. The second kappa shape index (κ2) is 8.58. The van der Waals surface area contributed by atoms with Crippen molar-refractivity contribution < 1.29 is 9.53 Å². The zero-order valence-corrected chi connectivity index (χ0v) is 14.2. The van der Waals surface area contributed by atoms with Crippen molar-refractivity contribution in [2.75, 3.05) is 51.8 Å². The molecule has 1 saturated heterocycles. The first kappa shape index (κ1) is 17.3. The Labute approximate surface area is 141 Å². The van der Waals surface area contributed by atoms with Gasteiger partial charge in [0.15, 0.2) is 0 Å². The molecule has 1 heterocycles. The molecule has 1 aromatic carbocycles. The van der Waals surface area contributed by atoms with Gasteiger partial charge in [-0.25, -0.2) is 4.79 Å². The van der Waals surface area contributed by atoms with Crippen LogP contribution in [0.1, 0.15) is 6.42 Å². The Morgan fingerprint density at radius 3 is 2.64 bits per heavy atom. The minimum absolute atomic E-state index is 0.124. The molecule has 0 spiro atoms. The predicted octanol–water partition coefficient (Wildman–Crippen LogP) is 3.18. The van der Waals surface area contributed by atoms with Crippen molar-refractivity contribution in [2.45, 2.75) is 6.42 Å². The minimum atomic E-state index is -0.124. The van der Waals surface area contributed by atoms with E-state index in [1.54, 1.807) is 30.2 Å². The zero-order chi connectivity index (χ0) is 15.9. The number of nitrogens with one attached hydrogen (secondary N) is 1. The number of amides is 2. The van der Waals surface area contributed by atoms with Crippen molar-refractivity contribution in [3.8, 4) is 0 Å². The lowest BCUT2D eigenvalue weighted by molar-refractivity contribution is 0.130. The van der Waals surface area contributed by atoms with E-state index in [2.05, 4.69) is 10.2 Å². The Morgan fingerprint density at radius 2 is 2.00 bits per heavy atom. The topological polar surface area (TPSA) is 44.8 Å². The number of carbonyl (C=O) groups excluding carboxylic acids is 1. The summed E-state index contributed by atoms with van der Waals surface area (Å²) in [5.41, 5.74) is 0.582. The van der Waals surface area contributed by atoms with E-state index >= 15 is 0 Å². The van der Waals surface area contributed by atoms with Gasteiger partial charge in [0.2, 0.25) is 0 Å². The molecule has 1 aliphatic heterocycles. The normalized spacial score (nSPS) is 15.9. The summed E-state index contributed by atoms with van der Waals surface area (Å²) < 4.78 is 5.06. The van der Waals surface area contributed by atoms with Gasteiger partial charge in [-0.05, 0) is 24.6 Å². The molecule has 1 aliphatic rings. The molecule has 1 N–H and O–H groups in total. The van der Waals surface area contributed by atoms with E-state index in [1.165, 1.54) is 0 Å². The quantitative estimate of drug-likeness (QED) is 0.833. The maximum absolute atomic E-state index is 12.3. The smallest absolute Gasteiger partial charge is 0.321 e. The second-order valence-electron chi connectivity index (χ2n) is 5.23. The number of urea groups is 1. The lowest BCUT2D eigenvalue weighted by atomic mass is 10.3. The highest BCUT2D eigenvalue weighted by molar-refractivity contribution is 6.36. The first-order valence-electron chi connectivity index (χ1n) is 7.32. The van der Waals surface area contributed by atoms with Gasteiger partial charge < -0.3 is 15.0 Å². The largest absolute Gasteiger partial charge is 0.385 e. The molecule has 0 saturated carbocycles. The minimum Gasteiger partial charge on any atom is -0.385 e. The average Bonchev–Trinajstić information content (AvgIpc) is 2.51. The third-order valence-electron chi connectivity index (χ3n) is 3.66. The Balaban J connectivity index is 1.80. The number of methoxy groups -OCH3 is 1. The molecule has 0 bridgehead atoms. The number of benzene rings is 1. The van der Waals surface area contributed by atoms with Crippen molar-refractivity contribution in [2.24, 2.45) is 0 Å². The Hall–Kier alpha value is -1.01. The van der Waals surface area contributed by atoms with E-state index < -0.39 is 0 Å². The summed E-state index contributed by atoms with van der Waals surface area (Å²) >= 11 is 11.9. The van der Waals surface area contributed by atoms with Crippen LogP contribution in [-0.4, -0.2) is 62.3 Å². The van der Waals surface area contributed by atoms with Gasteiger partial charge >= 0.3 is 6.03 Å². The Bertz CT molecular complexity index is 506. The molecule has 7 heteroatoms. The van der Waals surface area contributed by atoms with Gasteiger partial charge in [0.1, 0.15) is 0 Å². The van der Waals surface area contributed by atoms with Crippen LogP contribution in [0.3, 0.4) is 0 Å². The second-order valence-corrected chi connectivity index (χ2v) is 6.07. The molecule has 0 unspecified atom stereocenters. The van der Waals surface area contributed by atoms with Crippen LogP contribution in [0.4, 0.5) is 10.5 Å². The summed E-state index contributed by atoms with van der Waals surface area (Å²) in [5, 5.41) is 3.82. The molecule has 1 aromatic rings. The lowest BCUT2D eigenvalue weighted by Gasteiger charge is -2.34. The van der Waals surface area contributed by atoms with Crippen LogP contribution < -0.4 is 5.32 Å². The van der Waals surface area contributed by atoms with Crippen LogP contribution in [0.25, 0.3) is 0 Å². The van der Waals surface area contributed by atoms with Crippen molar-refractivity contribution in [1.82, 2.24) is 9.80 Å². The molecule has 0 atom stereocenters. The fraction of sp³-hybridized carbons (Fsp3) is 0.533. The van der Waals surface area contributed by atoms with Gasteiger partial charge in [0.25, 0.3) is 0 Å². The fourth-order valence-electron chi connectivity index (χ4n) is 2.39. The van der Waals surface area contributed by atoms with Crippen LogP contribution in [0.5, 0.6) is 0 Å². The summed E-state index contributed by atoms with van der Waals surface area (Å²) in [6.45, 7) is 4.97. The number of hydrogen-bond acceptors (Lipinski definition) is 3. The molecule has 2 rings (SSSR count). The molecular formula is C15H21Cl2N3O2. The van der Waals surface area contributed by atoms with E-state index in [0.29, 0.717) is 28.8 Å². The summed E-state index contributed by atoms with van der Waals surface area (Å²) in [7, 11) is 1.71. The molecule has 5 nitrogen and oxygen atoms in total. The van der Waals surface area contributed by atoms with Crippen molar-refractivity contribution >= 4 is 34.9 Å². The van der Waals surface area contributed by atoms with Crippen LogP contribution in [0, 0.1) is 0 Å². The fourth-order valence-corrected chi connectivity index (χ4v) is 2.85. The molecular weight excluding hydrogens is 325 g/mol. The van der Waals surface area contributed by atoms with Gasteiger partial charge in [-0.1, -0.05) is 23.2 Å². The van der Waals surface area contributed by atoms with Crippen LogP contribution in [0.2, 0.25) is 10.0 Å². The number of anilines is 1. The number of ether oxygens (including phenoxy) is 1. The first-order chi connectivity index (χ1) is 10.6. The average molecular weight is 346 g/mol. The first-order valence-corrected chi connectivity index (χ1v) is 8.08. The van der Waals surface area contributed by atoms with Crippen molar-refractivity contribution in [3.63, 3.8) is 0 Å². The molecule has 122 valence electrons. The van der Waals surface area contributed by atoms with E-state index in [9.17, 15) is 4.79 Å². The predicted molar refractivity (Wildman–Crippen MR) is 90.0 cm³/mol. The third-order valence-corrected chi connectivity index (χ3v) is 4.20. The zero-order valence-electron chi connectivity index (χ0n) is 12.6. The highest BCUT2D eigenvalue weighted by Gasteiger charge is 2.21. The van der Waals surface area contributed by atoms with Gasteiger partial charge in [-0.3, -0.25) is 4.90 Å². The standard InChI is InChI=1S/C15H21Cl2N3O2/c1-22-10-2-5-19-6-8-20(9-7-19)15(21)18-14-4-3-12(16)11-13(14)17/h3-4,11H,2,5-10H2,1H3,(H,18,21). The van der Waals surface area contributed by atoms with Crippen LogP contribution in [0.15, 0.2) is 18.2 Å². The maximum Gasteiger partial charge on any atom is 0.321 e. The summed E-state index contributed by atoms with van der Waals surface area (Å²) in [4.78, 5) is 16.4. The number of rotatable bonds is 5. The Kier molecular flexibility index (Phi) is 6.76. The number of piperazine rings is 1. The molecule has 0 radical (unpaired) electrons. The van der Waals surface area contributed by atoms with Crippen LogP contribution >= 0.6 is 23.2 Å². The SMILES string of the molecule is COCCCN1CCN(C(=O)Nc2ccc(Cl)cc2Cl)CC1. The van der Waals surface area contributed by atoms with Gasteiger partial charge in [0, 0.05) is 51.5 Å². The lowest BCUT2D eigenvalue weighted by Crippen LogP contribution is -2.50. The summed E-state index contributed by atoms with van der Waals surface area (Å²) in [6, 6.07) is 4.91. The van der Waals surface area contributed by atoms with Crippen LogP contribution in [-0.2, 0) is 4.74 Å². The van der Waals surface area contributed by atoms with Gasteiger partial charge in [-0.15, -0.1) is 0 Å². The Morgan fingerprint density at radius 1 is 1.27 bits per heavy atom. The molecule has 2 amide bonds. The van der Waals surface area contributed by atoms with E-state index in [0.717, 1.165) is 32.7 Å². The third kappa shape index (κ3) is 5.02.